The molecule has 1 aliphatic heterocycles. The summed E-state index contributed by atoms with van der Waals surface area (Å²) >= 11 is 0. The van der Waals surface area contributed by atoms with Crippen LogP contribution in [0.4, 0.5) is 0 Å². The third-order valence-electron chi connectivity index (χ3n) is 4.89. The molecular formula is C10H14O. The first kappa shape index (κ1) is 5.58. The van der Waals surface area contributed by atoms with Gasteiger partial charge in [-0.1, -0.05) is 0 Å². The van der Waals surface area contributed by atoms with Crippen LogP contribution in [0.3, 0.4) is 0 Å². The zero-order valence-electron chi connectivity index (χ0n) is 6.81. The van der Waals surface area contributed by atoms with Gasteiger partial charge >= 0.3 is 0 Å². The van der Waals surface area contributed by atoms with Crippen molar-refractivity contribution in [1.29, 1.82) is 0 Å². The average Bonchev–Trinajstić information content (AvgIpc) is 2.44. The highest BCUT2D eigenvalue weighted by atomic mass is 16.6. The fraction of sp³-hybridized carbons (Fsp3) is 1.00. The lowest BCUT2D eigenvalue weighted by Gasteiger charge is -2.16. The van der Waals surface area contributed by atoms with Gasteiger partial charge in [0.25, 0.3) is 0 Å². The Hall–Kier alpha value is -0.0400. The lowest BCUT2D eigenvalue weighted by Crippen LogP contribution is -2.26. The molecule has 11 heavy (non-hydrogen) atoms. The van der Waals surface area contributed by atoms with Crippen molar-refractivity contribution in [3.8, 4) is 0 Å². The van der Waals surface area contributed by atoms with E-state index < -0.39 is 0 Å². The van der Waals surface area contributed by atoms with Gasteiger partial charge in [-0.2, -0.15) is 0 Å². The van der Waals surface area contributed by atoms with Gasteiger partial charge in [-0.25, -0.2) is 0 Å². The van der Waals surface area contributed by atoms with Crippen molar-refractivity contribution in [3.05, 3.63) is 0 Å². The van der Waals surface area contributed by atoms with Crippen molar-refractivity contribution >= 4 is 0 Å². The molecule has 0 aromatic carbocycles. The Kier molecular flexibility index (Phi) is 0.651. The van der Waals surface area contributed by atoms with Gasteiger partial charge in [0, 0.05) is 0 Å². The molecule has 0 amide bonds. The molecule has 4 unspecified atom stereocenters. The van der Waals surface area contributed by atoms with Crippen LogP contribution in [0.15, 0.2) is 0 Å². The Labute approximate surface area is 67.1 Å². The van der Waals surface area contributed by atoms with E-state index in [1.54, 1.807) is 0 Å². The second kappa shape index (κ2) is 1.28. The molecule has 60 valence electrons. The fourth-order valence-corrected chi connectivity index (χ4v) is 4.53. The van der Waals surface area contributed by atoms with Crippen LogP contribution in [0.25, 0.3) is 0 Å². The van der Waals surface area contributed by atoms with Crippen LogP contribution in [0.2, 0.25) is 0 Å². The van der Waals surface area contributed by atoms with Crippen molar-refractivity contribution in [1.82, 2.24) is 0 Å². The zero-order valence-corrected chi connectivity index (χ0v) is 6.81. The van der Waals surface area contributed by atoms with Gasteiger partial charge in [0.15, 0.2) is 0 Å². The number of epoxide rings is 1. The summed E-state index contributed by atoms with van der Waals surface area (Å²) in [6.45, 7) is 0. The summed E-state index contributed by atoms with van der Waals surface area (Å²) in [4.78, 5) is 0. The first-order chi connectivity index (χ1) is 5.37. The summed E-state index contributed by atoms with van der Waals surface area (Å²) in [6, 6.07) is 0. The summed E-state index contributed by atoms with van der Waals surface area (Å²) in [6.07, 6.45) is 8.72. The summed E-state index contributed by atoms with van der Waals surface area (Å²) in [7, 11) is 0. The zero-order chi connectivity index (χ0) is 7.10. The van der Waals surface area contributed by atoms with Crippen molar-refractivity contribution in [2.45, 2.75) is 49.7 Å². The maximum absolute atomic E-state index is 6.05. The number of hydrogen-bond acceptors (Lipinski definition) is 1. The molecule has 4 atom stereocenters. The number of ether oxygens (including phenoxy) is 1. The Morgan fingerprint density at radius 3 is 2.27 bits per heavy atom. The van der Waals surface area contributed by atoms with Gasteiger partial charge in [0.2, 0.25) is 0 Å². The highest BCUT2D eigenvalue weighted by Gasteiger charge is 2.83. The Balaban J connectivity index is 1.91. The minimum absolute atomic E-state index is 0.468. The molecular weight excluding hydrogens is 136 g/mol. The van der Waals surface area contributed by atoms with Crippen molar-refractivity contribution < 1.29 is 4.74 Å². The third kappa shape index (κ3) is 0.358. The molecule has 3 saturated carbocycles. The molecule has 0 spiro atoms. The molecule has 1 heterocycles. The Morgan fingerprint density at radius 2 is 1.64 bits per heavy atom. The van der Waals surface area contributed by atoms with E-state index in [0.29, 0.717) is 11.2 Å². The lowest BCUT2D eigenvalue weighted by molar-refractivity contribution is 0.130. The van der Waals surface area contributed by atoms with Gasteiger partial charge in [-0.3, -0.25) is 0 Å². The van der Waals surface area contributed by atoms with Gasteiger partial charge < -0.3 is 4.74 Å². The molecule has 0 aromatic rings. The van der Waals surface area contributed by atoms with Crippen molar-refractivity contribution in [2.75, 3.05) is 0 Å². The third-order valence-corrected chi connectivity index (χ3v) is 4.89. The molecule has 1 saturated heterocycles. The van der Waals surface area contributed by atoms with Gasteiger partial charge in [-0.05, 0) is 50.4 Å². The average molecular weight is 150 g/mol. The number of hydrogen-bond donors (Lipinski definition) is 0. The van der Waals surface area contributed by atoms with E-state index in [-0.39, 0.29) is 0 Å². The molecule has 3 aliphatic carbocycles. The van der Waals surface area contributed by atoms with Crippen LogP contribution in [0.1, 0.15) is 38.5 Å². The van der Waals surface area contributed by atoms with E-state index in [1.165, 1.54) is 38.5 Å². The minimum Gasteiger partial charge on any atom is -0.362 e. The maximum atomic E-state index is 6.05. The molecule has 4 rings (SSSR count). The minimum atomic E-state index is 0.468. The molecule has 4 fully saturated rings. The summed E-state index contributed by atoms with van der Waals surface area (Å²) < 4.78 is 6.05. The lowest BCUT2D eigenvalue weighted by atomic mass is 9.82. The molecule has 2 bridgehead atoms. The first-order valence-corrected chi connectivity index (χ1v) is 5.08. The Bertz CT molecular complexity index is 215. The van der Waals surface area contributed by atoms with E-state index >= 15 is 0 Å². The van der Waals surface area contributed by atoms with Crippen LogP contribution < -0.4 is 0 Å². The highest BCUT2D eigenvalue weighted by Crippen LogP contribution is 2.77. The topological polar surface area (TPSA) is 12.5 Å². The maximum Gasteiger partial charge on any atom is 0.101 e. The van der Waals surface area contributed by atoms with Crippen molar-refractivity contribution in [3.63, 3.8) is 0 Å². The predicted molar refractivity (Wildman–Crippen MR) is 41.2 cm³/mol. The van der Waals surface area contributed by atoms with Crippen LogP contribution >= 0.6 is 0 Å². The number of fused-ring (bicyclic) bond motifs is 2. The summed E-state index contributed by atoms with van der Waals surface area (Å²) in [5, 5.41) is 0. The SMILES string of the molecule is C1CC23OC2(C1)C1CCC3C1. The second-order valence-corrected chi connectivity index (χ2v) is 4.94. The molecule has 1 heteroatoms. The largest absolute Gasteiger partial charge is 0.362 e. The van der Waals surface area contributed by atoms with E-state index in [4.69, 9.17) is 4.74 Å². The van der Waals surface area contributed by atoms with Crippen LogP contribution in [0, 0.1) is 11.8 Å². The summed E-state index contributed by atoms with van der Waals surface area (Å²) in [5.41, 5.74) is 0.936. The van der Waals surface area contributed by atoms with Crippen LogP contribution in [0.5, 0.6) is 0 Å². The van der Waals surface area contributed by atoms with Gasteiger partial charge in [-0.15, -0.1) is 0 Å². The fourth-order valence-electron chi connectivity index (χ4n) is 4.53. The Morgan fingerprint density at radius 1 is 1.00 bits per heavy atom. The molecule has 4 aliphatic rings. The monoisotopic (exact) mass is 150 g/mol. The van der Waals surface area contributed by atoms with E-state index in [2.05, 4.69) is 0 Å². The molecule has 0 radical (unpaired) electrons. The molecule has 0 N–H and O–H groups in total. The van der Waals surface area contributed by atoms with Gasteiger partial charge in [0.1, 0.15) is 11.2 Å². The highest BCUT2D eigenvalue weighted by molar-refractivity contribution is 5.31. The standard InChI is InChI=1S/C10H14O/c1-4-9-7-2-3-8(6-7)10(9,5-1)11-9/h7-8H,1-6H2. The summed E-state index contributed by atoms with van der Waals surface area (Å²) in [5.74, 6) is 1.96. The van der Waals surface area contributed by atoms with E-state index in [9.17, 15) is 0 Å². The van der Waals surface area contributed by atoms with Gasteiger partial charge in [0.05, 0.1) is 0 Å². The van der Waals surface area contributed by atoms with E-state index in [0.717, 1.165) is 11.8 Å². The van der Waals surface area contributed by atoms with Crippen molar-refractivity contribution in [2.24, 2.45) is 11.8 Å². The second-order valence-electron chi connectivity index (χ2n) is 4.94. The van der Waals surface area contributed by atoms with E-state index in [1.807, 2.05) is 0 Å². The predicted octanol–water partition coefficient (Wildman–Crippen LogP) is 2.11. The molecule has 0 aromatic heterocycles. The first-order valence-electron chi connectivity index (χ1n) is 5.08. The molecule has 1 nitrogen and oxygen atoms in total. The quantitative estimate of drug-likeness (QED) is 0.482. The van der Waals surface area contributed by atoms with Crippen LogP contribution in [-0.2, 0) is 4.74 Å². The smallest absolute Gasteiger partial charge is 0.101 e. The van der Waals surface area contributed by atoms with Crippen LogP contribution in [-0.4, -0.2) is 11.2 Å². The normalized spacial score (nSPS) is 69.8. The number of rotatable bonds is 0.